The van der Waals surface area contributed by atoms with Gasteiger partial charge in [-0.1, -0.05) is 44.2 Å². The van der Waals surface area contributed by atoms with Gasteiger partial charge in [0.1, 0.15) is 5.82 Å². The molecule has 2 rings (SSSR count). The number of nitrogens with one attached hydrogen (secondary N) is 1. The third-order valence-corrected chi connectivity index (χ3v) is 3.14. The third kappa shape index (κ3) is 5.52. The first kappa shape index (κ1) is 15.4. The summed E-state index contributed by atoms with van der Waals surface area (Å²) in [4.78, 5) is 8.31. The van der Waals surface area contributed by atoms with Gasteiger partial charge in [-0.25, -0.2) is 4.98 Å². The van der Waals surface area contributed by atoms with E-state index < -0.39 is 0 Å². The van der Waals surface area contributed by atoms with E-state index in [-0.39, 0.29) is 5.41 Å². The van der Waals surface area contributed by atoms with Crippen molar-refractivity contribution in [3.05, 3.63) is 54.0 Å². The van der Waals surface area contributed by atoms with Crippen LogP contribution in [0.2, 0.25) is 0 Å². The molecule has 0 saturated carbocycles. The van der Waals surface area contributed by atoms with Crippen LogP contribution >= 0.6 is 0 Å². The SMILES string of the molecule is Cc1nccc(OCC(C)(C)CNCc2ccccc2)n1. The number of aryl methyl sites for hydroxylation is 1. The summed E-state index contributed by atoms with van der Waals surface area (Å²) in [5.41, 5.74) is 1.33. The Balaban J connectivity index is 1.76. The highest BCUT2D eigenvalue weighted by molar-refractivity contribution is 5.14. The van der Waals surface area contributed by atoms with Gasteiger partial charge in [-0.3, -0.25) is 0 Å². The van der Waals surface area contributed by atoms with Gasteiger partial charge in [0.05, 0.1) is 6.61 Å². The molecule has 21 heavy (non-hydrogen) atoms. The van der Waals surface area contributed by atoms with Crippen LogP contribution < -0.4 is 10.1 Å². The zero-order valence-corrected chi connectivity index (χ0v) is 13.0. The smallest absolute Gasteiger partial charge is 0.216 e. The monoisotopic (exact) mass is 285 g/mol. The molecule has 1 aromatic carbocycles. The fraction of sp³-hybridized carbons (Fsp3) is 0.412. The van der Waals surface area contributed by atoms with Gasteiger partial charge in [0.25, 0.3) is 0 Å². The summed E-state index contributed by atoms with van der Waals surface area (Å²) in [6.07, 6.45) is 1.72. The normalized spacial score (nSPS) is 11.4. The molecule has 0 saturated heterocycles. The number of hydrogen-bond acceptors (Lipinski definition) is 4. The van der Waals surface area contributed by atoms with E-state index in [4.69, 9.17) is 4.74 Å². The quantitative estimate of drug-likeness (QED) is 0.849. The van der Waals surface area contributed by atoms with E-state index >= 15 is 0 Å². The maximum Gasteiger partial charge on any atom is 0.216 e. The van der Waals surface area contributed by atoms with Crippen LogP contribution in [0.1, 0.15) is 25.2 Å². The molecule has 0 aliphatic carbocycles. The second-order valence-corrected chi connectivity index (χ2v) is 5.98. The van der Waals surface area contributed by atoms with Crippen LogP contribution in [0.25, 0.3) is 0 Å². The molecule has 4 heteroatoms. The lowest BCUT2D eigenvalue weighted by Gasteiger charge is -2.25. The minimum atomic E-state index is 0.0354. The van der Waals surface area contributed by atoms with E-state index in [1.807, 2.05) is 13.0 Å². The molecule has 4 nitrogen and oxygen atoms in total. The summed E-state index contributed by atoms with van der Waals surface area (Å²) in [6.45, 7) is 8.59. The van der Waals surface area contributed by atoms with Crippen LogP contribution in [0.5, 0.6) is 5.88 Å². The van der Waals surface area contributed by atoms with Gasteiger partial charge in [0.2, 0.25) is 5.88 Å². The number of rotatable bonds is 7. The van der Waals surface area contributed by atoms with E-state index in [0.717, 1.165) is 18.9 Å². The van der Waals surface area contributed by atoms with Crippen LogP contribution in [0.15, 0.2) is 42.6 Å². The lowest BCUT2D eigenvalue weighted by Crippen LogP contribution is -2.34. The Hall–Kier alpha value is -1.94. The summed E-state index contributed by atoms with van der Waals surface area (Å²) in [7, 11) is 0. The predicted octanol–water partition coefficient (Wildman–Crippen LogP) is 2.98. The molecule has 0 unspecified atom stereocenters. The highest BCUT2D eigenvalue weighted by atomic mass is 16.5. The Kier molecular flexibility index (Phi) is 5.28. The minimum Gasteiger partial charge on any atom is -0.477 e. The fourth-order valence-corrected chi connectivity index (χ4v) is 1.98. The lowest BCUT2D eigenvalue weighted by molar-refractivity contribution is 0.170. The summed E-state index contributed by atoms with van der Waals surface area (Å²) < 4.78 is 5.76. The second kappa shape index (κ2) is 7.18. The van der Waals surface area contributed by atoms with E-state index in [1.165, 1.54) is 5.56 Å². The van der Waals surface area contributed by atoms with E-state index in [0.29, 0.717) is 12.5 Å². The summed E-state index contributed by atoms with van der Waals surface area (Å²) >= 11 is 0. The van der Waals surface area contributed by atoms with Crippen molar-refractivity contribution in [3.8, 4) is 5.88 Å². The molecule has 0 aliphatic heterocycles. The molecular formula is C17H23N3O. The van der Waals surface area contributed by atoms with Crippen LogP contribution in [0.3, 0.4) is 0 Å². The van der Waals surface area contributed by atoms with E-state index in [9.17, 15) is 0 Å². The Morgan fingerprint density at radius 3 is 2.62 bits per heavy atom. The van der Waals surface area contributed by atoms with Crippen molar-refractivity contribution in [1.82, 2.24) is 15.3 Å². The van der Waals surface area contributed by atoms with Crippen LogP contribution in [0.4, 0.5) is 0 Å². The topological polar surface area (TPSA) is 47.0 Å². The van der Waals surface area contributed by atoms with Crippen molar-refractivity contribution >= 4 is 0 Å². The molecule has 0 fully saturated rings. The number of ether oxygens (including phenoxy) is 1. The van der Waals surface area contributed by atoms with Crippen LogP contribution in [-0.4, -0.2) is 23.1 Å². The molecule has 2 aromatic rings. The van der Waals surface area contributed by atoms with Gasteiger partial charge in [0.15, 0.2) is 0 Å². The first-order chi connectivity index (χ1) is 10.1. The predicted molar refractivity (Wildman–Crippen MR) is 84.2 cm³/mol. The Bertz CT molecular complexity index is 555. The van der Waals surface area contributed by atoms with Gasteiger partial charge >= 0.3 is 0 Å². The third-order valence-electron chi connectivity index (χ3n) is 3.14. The Labute approximate surface area is 126 Å². The highest BCUT2D eigenvalue weighted by Crippen LogP contribution is 2.16. The second-order valence-electron chi connectivity index (χ2n) is 5.98. The maximum atomic E-state index is 5.76. The molecule has 0 amide bonds. The number of benzene rings is 1. The first-order valence-corrected chi connectivity index (χ1v) is 7.22. The molecule has 112 valence electrons. The summed E-state index contributed by atoms with van der Waals surface area (Å²) in [6, 6.07) is 12.2. The minimum absolute atomic E-state index is 0.0354. The van der Waals surface area contributed by atoms with Gasteiger partial charge < -0.3 is 10.1 Å². The van der Waals surface area contributed by atoms with Gasteiger partial charge in [-0.05, 0) is 12.5 Å². The van der Waals surface area contributed by atoms with Crippen LogP contribution in [-0.2, 0) is 6.54 Å². The summed E-state index contributed by atoms with van der Waals surface area (Å²) in [5, 5.41) is 3.48. The van der Waals surface area contributed by atoms with Crippen molar-refractivity contribution in [3.63, 3.8) is 0 Å². The van der Waals surface area contributed by atoms with Crippen molar-refractivity contribution < 1.29 is 4.74 Å². The number of nitrogens with zero attached hydrogens (tertiary/aromatic N) is 2. The molecule has 0 atom stereocenters. The molecule has 1 heterocycles. The molecule has 0 radical (unpaired) electrons. The van der Waals surface area contributed by atoms with Crippen molar-refractivity contribution in [1.29, 1.82) is 0 Å². The Morgan fingerprint density at radius 2 is 1.90 bits per heavy atom. The van der Waals surface area contributed by atoms with Crippen molar-refractivity contribution in [2.45, 2.75) is 27.3 Å². The molecule has 1 aromatic heterocycles. The Morgan fingerprint density at radius 1 is 1.14 bits per heavy atom. The van der Waals surface area contributed by atoms with Crippen molar-refractivity contribution in [2.75, 3.05) is 13.2 Å². The zero-order chi connectivity index (χ0) is 15.1. The lowest BCUT2D eigenvalue weighted by atomic mass is 9.95. The van der Waals surface area contributed by atoms with Gasteiger partial charge in [0, 0.05) is 30.8 Å². The molecule has 0 bridgehead atoms. The van der Waals surface area contributed by atoms with Crippen LogP contribution in [0, 0.1) is 12.3 Å². The summed E-state index contributed by atoms with van der Waals surface area (Å²) in [5.74, 6) is 1.37. The van der Waals surface area contributed by atoms with E-state index in [1.54, 1.807) is 12.3 Å². The molecule has 1 N–H and O–H groups in total. The number of hydrogen-bond donors (Lipinski definition) is 1. The maximum absolute atomic E-state index is 5.76. The zero-order valence-electron chi connectivity index (χ0n) is 13.0. The number of aromatic nitrogens is 2. The van der Waals surface area contributed by atoms with E-state index in [2.05, 4.69) is 53.4 Å². The van der Waals surface area contributed by atoms with Crippen molar-refractivity contribution in [2.24, 2.45) is 5.41 Å². The average molecular weight is 285 g/mol. The van der Waals surface area contributed by atoms with Gasteiger partial charge in [-0.2, -0.15) is 4.98 Å². The molecule has 0 spiro atoms. The molecular weight excluding hydrogens is 262 g/mol. The standard InChI is InChI=1S/C17H23N3O/c1-14-19-10-9-16(20-14)21-13-17(2,3)12-18-11-15-7-5-4-6-8-15/h4-10,18H,11-13H2,1-3H3. The fourth-order valence-electron chi connectivity index (χ4n) is 1.98. The van der Waals surface area contributed by atoms with Gasteiger partial charge in [-0.15, -0.1) is 0 Å². The highest BCUT2D eigenvalue weighted by Gasteiger charge is 2.18. The molecule has 0 aliphatic rings. The average Bonchev–Trinajstić information content (AvgIpc) is 2.46. The largest absolute Gasteiger partial charge is 0.477 e. The first-order valence-electron chi connectivity index (χ1n) is 7.22.